The van der Waals surface area contributed by atoms with Crippen LogP contribution in [0.25, 0.3) is 6.08 Å². The van der Waals surface area contributed by atoms with Gasteiger partial charge in [-0.2, -0.15) is 0 Å². The lowest BCUT2D eigenvalue weighted by molar-refractivity contribution is 0.0664. The van der Waals surface area contributed by atoms with Gasteiger partial charge in [0, 0.05) is 33.9 Å². The van der Waals surface area contributed by atoms with Crippen molar-refractivity contribution in [2.45, 2.75) is 24.9 Å². The molecule has 42 heavy (non-hydrogen) atoms. The summed E-state index contributed by atoms with van der Waals surface area (Å²) >= 11 is 0. The molecule has 0 radical (unpaired) electrons. The minimum Gasteiger partial charge on any atom is -0.493 e. The van der Waals surface area contributed by atoms with Crippen LogP contribution in [0.1, 0.15) is 53.7 Å². The van der Waals surface area contributed by atoms with Crippen molar-refractivity contribution in [2.75, 3.05) is 19.1 Å². The van der Waals surface area contributed by atoms with Gasteiger partial charge in [0.25, 0.3) is 0 Å². The number of anilines is 1. The Balaban J connectivity index is 1.58. The average Bonchev–Trinajstić information content (AvgIpc) is 3.46. The molecule has 6 heteroatoms. The summed E-state index contributed by atoms with van der Waals surface area (Å²) in [7, 11) is 3.08. The number of fused-ring (bicyclic) bond motifs is 5. The van der Waals surface area contributed by atoms with Gasteiger partial charge in [-0.25, -0.2) is 0 Å². The number of methoxy groups -OCH3 is 2. The van der Waals surface area contributed by atoms with Crippen molar-refractivity contribution in [1.82, 2.24) is 0 Å². The second-order valence-electron chi connectivity index (χ2n) is 11.1. The van der Waals surface area contributed by atoms with Crippen molar-refractivity contribution in [3.05, 3.63) is 130 Å². The van der Waals surface area contributed by atoms with Gasteiger partial charge in [0.2, 0.25) is 0 Å². The number of para-hydroxylation sites is 2. The highest BCUT2D eigenvalue weighted by Gasteiger charge is 2.72. The van der Waals surface area contributed by atoms with E-state index in [1.54, 1.807) is 37.4 Å². The Morgan fingerprint density at radius 3 is 2.12 bits per heavy atom. The molecule has 4 aromatic rings. The van der Waals surface area contributed by atoms with Crippen LogP contribution in [0.3, 0.4) is 0 Å². The summed E-state index contributed by atoms with van der Waals surface area (Å²) in [6, 6.07) is 26.0. The van der Waals surface area contributed by atoms with Crippen LogP contribution >= 0.6 is 0 Å². The SMILES string of the molecule is COc1cccc([C@H]2[C@H](C(=O)c3ccc(C)cc3)N3c4ccccc4C=CC3C23C(=O)c2ccccc2C3=O)c1OC. The molecule has 0 N–H and O–H groups in total. The van der Waals surface area contributed by atoms with E-state index in [2.05, 4.69) is 0 Å². The second-order valence-corrected chi connectivity index (χ2v) is 11.1. The molecular weight excluding hydrogens is 526 g/mol. The lowest BCUT2D eigenvalue weighted by Crippen LogP contribution is -2.48. The summed E-state index contributed by atoms with van der Waals surface area (Å²) in [5, 5.41) is 0. The minimum absolute atomic E-state index is 0.173. The molecule has 1 unspecified atom stereocenters. The molecule has 3 aliphatic rings. The van der Waals surface area contributed by atoms with Crippen molar-refractivity contribution >= 4 is 29.1 Å². The number of carbonyl (C=O) groups excluding carboxylic acids is 3. The summed E-state index contributed by atoms with van der Waals surface area (Å²) in [5.74, 6) is -0.756. The number of hydrogen-bond acceptors (Lipinski definition) is 6. The third kappa shape index (κ3) is 3.35. The van der Waals surface area contributed by atoms with Crippen LogP contribution in [0.15, 0.2) is 97.1 Å². The van der Waals surface area contributed by atoms with Crippen molar-refractivity contribution < 1.29 is 23.9 Å². The van der Waals surface area contributed by atoms with Gasteiger partial charge in [0.05, 0.1) is 20.3 Å². The first-order chi connectivity index (χ1) is 20.4. The maximum atomic E-state index is 14.8. The van der Waals surface area contributed by atoms with E-state index in [-0.39, 0.29) is 17.3 Å². The van der Waals surface area contributed by atoms with Crippen LogP contribution in [0, 0.1) is 12.3 Å². The van der Waals surface area contributed by atoms with Gasteiger partial charge >= 0.3 is 0 Å². The maximum Gasteiger partial charge on any atom is 0.185 e. The maximum absolute atomic E-state index is 14.8. The highest BCUT2D eigenvalue weighted by molar-refractivity contribution is 6.32. The van der Waals surface area contributed by atoms with Gasteiger partial charge in [0.15, 0.2) is 28.8 Å². The number of benzene rings is 4. The summed E-state index contributed by atoms with van der Waals surface area (Å²) in [4.78, 5) is 46.5. The molecular formula is C36H29NO5. The van der Waals surface area contributed by atoms with Crippen LogP contribution in [-0.2, 0) is 0 Å². The fourth-order valence-electron chi connectivity index (χ4n) is 7.31. The lowest BCUT2D eigenvalue weighted by Gasteiger charge is -2.37. The average molecular weight is 556 g/mol. The first-order valence-electron chi connectivity index (χ1n) is 14.0. The van der Waals surface area contributed by atoms with Crippen molar-refractivity contribution in [3.63, 3.8) is 0 Å². The number of Topliss-reactive ketones (excluding diaryl/α,β-unsaturated/α-hetero) is 3. The van der Waals surface area contributed by atoms with Crippen molar-refractivity contribution in [1.29, 1.82) is 0 Å². The van der Waals surface area contributed by atoms with E-state index in [9.17, 15) is 14.4 Å². The highest BCUT2D eigenvalue weighted by Crippen LogP contribution is 2.62. The number of hydrogen-bond donors (Lipinski definition) is 0. The largest absolute Gasteiger partial charge is 0.493 e. The molecule has 0 saturated carbocycles. The molecule has 0 bridgehead atoms. The monoisotopic (exact) mass is 555 g/mol. The Labute approximate surface area is 244 Å². The molecule has 0 aromatic heterocycles. The molecule has 6 nitrogen and oxygen atoms in total. The molecule has 4 aromatic carbocycles. The van der Waals surface area contributed by atoms with Gasteiger partial charge in [-0.15, -0.1) is 0 Å². The summed E-state index contributed by atoms with van der Waals surface area (Å²) in [5.41, 5.74) is 2.98. The normalized spacial score (nSPS) is 21.2. The number of ether oxygens (including phenoxy) is 2. The minimum atomic E-state index is -1.61. The smallest absolute Gasteiger partial charge is 0.185 e. The number of aryl methyl sites for hydroxylation is 1. The van der Waals surface area contributed by atoms with E-state index in [1.807, 2.05) is 84.6 Å². The zero-order valence-corrected chi connectivity index (χ0v) is 23.5. The third-order valence-electron chi connectivity index (χ3n) is 9.09. The fraction of sp³-hybridized carbons (Fsp3) is 0.194. The molecule has 2 aliphatic heterocycles. The molecule has 1 fully saturated rings. The molecule has 0 amide bonds. The molecule has 1 aliphatic carbocycles. The number of carbonyl (C=O) groups is 3. The van der Waals surface area contributed by atoms with E-state index in [0.29, 0.717) is 33.8 Å². The number of nitrogens with zero attached hydrogens (tertiary/aromatic N) is 1. The topological polar surface area (TPSA) is 72.9 Å². The van der Waals surface area contributed by atoms with Gasteiger partial charge < -0.3 is 14.4 Å². The van der Waals surface area contributed by atoms with E-state index >= 15 is 0 Å². The van der Waals surface area contributed by atoms with E-state index in [0.717, 1.165) is 16.8 Å². The molecule has 3 atom stereocenters. The third-order valence-corrected chi connectivity index (χ3v) is 9.09. The van der Waals surface area contributed by atoms with Gasteiger partial charge in [-0.05, 0) is 24.6 Å². The molecule has 2 heterocycles. The van der Waals surface area contributed by atoms with Gasteiger partial charge in [0.1, 0.15) is 11.5 Å². The van der Waals surface area contributed by atoms with Crippen molar-refractivity contribution in [2.24, 2.45) is 5.41 Å². The standard InChI is InChI=1S/C36H29NO5/c1-21-15-17-23(18-16-21)32(38)31-30(26-12-8-14-28(41-2)33(26)42-3)36(34(39)24-10-5-6-11-25(24)35(36)40)29-20-19-22-9-4-7-13-27(22)37(29)31/h4-20,29-31H,1-3H3/t29?,30-,31+/m0/s1. The Hall–Kier alpha value is -4.97. The molecule has 208 valence electrons. The summed E-state index contributed by atoms with van der Waals surface area (Å²) < 4.78 is 11.6. The predicted molar refractivity (Wildman–Crippen MR) is 161 cm³/mol. The predicted octanol–water partition coefficient (Wildman–Crippen LogP) is 6.33. The van der Waals surface area contributed by atoms with E-state index in [1.165, 1.54) is 7.11 Å². The highest BCUT2D eigenvalue weighted by atomic mass is 16.5. The van der Waals surface area contributed by atoms with Gasteiger partial charge in [-0.3, -0.25) is 14.4 Å². The summed E-state index contributed by atoms with van der Waals surface area (Å²) in [6.45, 7) is 1.97. The fourth-order valence-corrected chi connectivity index (χ4v) is 7.31. The molecule has 1 saturated heterocycles. The molecule has 1 spiro atoms. The van der Waals surface area contributed by atoms with Gasteiger partial charge in [-0.1, -0.05) is 96.6 Å². The Bertz CT molecular complexity index is 1770. The first kappa shape index (κ1) is 26.0. The quantitative estimate of drug-likeness (QED) is 0.212. The number of ketones is 3. The Kier molecular flexibility index (Phi) is 5.91. The Morgan fingerprint density at radius 2 is 1.45 bits per heavy atom. The Morgan fingerprint density at radius 1 is 0.786 bits per heavy atom. The van der Waals surface area contributed by atoms with Crippen LogP contribution in [0.2, 0.25) is 0 Å². The first-order valence-corrected chi connectivity index (χ1v) is 14.0. The molecule has 7 rings (SSSR count). The van der Waals surface area contributed by atoms with Crippen molar-refractivity contribution in [3.8, 4) is 11.5 Å². The lowest BCUT2D eigenvalue weighted by atomic mass is 9.64. The van der Waals surface area contributed by atoms with E-state index in [4.69, 9.17) is 9.47 Å². The van der Waals surface area contributed by atoms with Crippen LogP contribution in [0.4, 0.5) is 5.69 Å². The zero-order chi connectivity index (χ0) is 29.2. The number of rotatable bonds is 5. The summed E-state index contributed by atoms with van der Waals surface area (Å²) in [6.07, 6.45) is 3.88. The van der Waals surface area contributed by atoms with Crippen LogP contribution < -0.4 is 14.4 Å². The van der Waals surface area contributed by atoms with Crippen LogP contribution in [-0.4, -0.2) is 43.7 Å². The van der Waals surface area contributed by atoms with E-state index < -0.39 is 23.4 Å². The van der Waals surface area contributed by atoms with Crippen LogP contribution in [0.5, 0.6) is 11.5 Å². The second kappa shape index (κ2) is 9.55. The zero-order valence-electron chi connectivity index (χ0n) is 23.5.